The maximum absolute atomic E-state index is 13.2. The molecule has 37 heavy (non-hydrogen) atoms. The van der Waals surface area contributed by atoms with Gasteiger partial charge in [-0.15, -0.1) is 0 Å². The Morgan fingerprint density at radius 1 is 0.973 bits per heavy atom. The van der Waals surface area contributed by atoms with Crippen LogP contribution in [0.4, 0.5) is 0 Å². The maximum Gasteiger partial charge on any atom is 0.295 e. The predicted molar refractivity (Wildman–Crippen MR) is 139 cm³/mol. The third kappa shape index (κ3) is 5.63. The summed E-state index contributed by atoms with van der Waals surface area (Å²) in [6.45, 7) is 0.988. The quantitative estimate of drug-likeness (QED) is 0.282. The van der Waals surface area contributed by atoms with Gasteiger partial charge in [0.25, 0.3) is 11.7 Å². The van der Waals surface area contributed by atoms with Crippen LogP contribution in [0.5, 0.6) is 11.5 Å². The maximum atomic E-state index is 13.2. The summed E-state index contributed by atoms with van der Waals surface area (Å²) in [4.78, 5) is 29.8. The van der Waals surface area contributed by atoms with E-state index < -0.39 is 27.8 Å². The molecule has 0 saturated carbocycles. The van der Waals surface area contributed by atoms with Crippen molar-refractivity contribution in [2.24, 2.45) is 0 Å². The molecule has 1 aliphatic heterocycles. The number of ketones is 1. The molecular weight excluding hydrogens is 498 g/mol. The summed E-state index contributed by atoms with van der Waals surface area (Å²) in [6.07, 6.45) is 0.612. The molecule has 0 radical (unpaired) electrons. The van der Waals surface area contributed by atoms with E-state index in [1.165, 1.54) is 57.5 Å². The van der Waals surface area contributed by atoms with Gasteiger partial charge in [0, 0.05) is 26.2 Å². The number of carbonyl (C=O) groups excluding carboxylic acids is 2. The van der Waals surface area contributed by atoms with Crippen LogP contribution in [0.15, 0.2) is 52.9 Å². The number of carbonyl (C=O) groups is 2. The van der Waals surface area contributed by atoms with Crippen LogP contribution in [-0.2, 0) is 19.6 Å². The van der Waals surface area contributed by atoms with E-state index in [0.717, 1.165) is 4.31 Å². The lowest BCUT2D eigenvalue weighted by Gasteiger charge is -2.26. The Balaban J connectivity index is 2.14. The molecule has 1 N–H and O–H groups in total. The fraction of sp³-hybridized carbons (Fsp3) is 0.385. The van der Waals surface area contributed by atoms with Crippen molar-refractivity contribution in [3.8, 4) is 11.5 Å². The molecule has 0 aromatic heterocycles. The van der Waals surface area contributed by atoms with Crippen molar-refractivity contribution >= 4 is 27.5 Å². The van der Waals surface area contributed by atoms with Crippen molar-refractivity contribution in [3.63, 3.8) is 0 Å². The third-order valence-corrected chi connectivity index (χ3v) is 8.00. The second-order valence-electron chi connectivity index (χ2n) is 9.08. The van der Waals surface area contributed by atoms with Crippen molar-refractivity contribution < 1.29 is 32.6 Å². The first kappa shape index (κ1) is 28.2. The van der Waals surface area contributed by atoms with Crippen molar-refractivity contribution in [2.45, 2.75) is 17.4 Å². The van der Waals surface area contributed by atoms with Gasteiger partial charge < -0.3 is 24.4 Å². The number of Topliss-reactive ketones (excluding diaryl/α,β-unsaturated/α-hetero) is 1. The highest BCUT2D eigenvalue weighted by Gasteiger charge is 2.46. The Bertz CT molecular complexity index is 1300. The van der Waals surface area contributed by atoms with Gasteiger partial charge in [0.1, 0.15) is 5.76 Å². The zero-order valence-corrected chi connectivity index (χ0v) is 22.7. The predicted octanol–water partition coefficient (Wildman–Crippen LogP) is 2.33. The molecule has 2 aromatic carbocycles. The number of amides is 1. The molecule has 1 atom stereocenters. The minimum absolute atomic E-state index is 0.0367. The summed E-state index contributed by atoms with van der Waals surface area (Å²) in [6, 6.07) is 9.73. The summed E-state index contributed by atoms with van der Waals surface area (Å²) in [5.74, 6) is -1.02. The molecule has 2 aromatic rings. The van der Waals surface area contributed by atoms with E-state index in [-0.39, 0.29) is 21.8 Å². The van der Waals surface area contributed by atoms with E-state index in [1.807, 2.05) is 19.0 Å². The summed E-state index contributed by atoms with van der Waals surface area (Å²) in [7, 11) is 5.99. The van der Waals surface area contributed by atoms with Gasteiger partial charge in [0.2, 0.25) is 10.0 Å². The highest BCUT2D eigenvalue weighted by molar-refractivity contribution is 7.89. The van der Waals surface area contributed by atoms with E-state index >= 15 is 0 Å². The Morgan fingerprint density at radius 3 is 2.14 bits per heavy atom. The van der Waals surface area contributed by atoms with Gasteiger partial charge in [-0.3, -0.25) is 9.59 Å². The molecule has 11 heteroatoms. The van der Waals surface area contributed by atoms with Crippen LogP contribution in [0, 0.1) is 0 Å². The van der Waals surface area contributed by atoms with E-state index in [4.69, 9.17) is 9.47 Å². The number of methoxy groups -OCH3 is 2. The number of aliphatic hydroxyl groups excluding tert-OH is 1. The molecule has 3 rings (SSSR count). The topological polar surface area (TPSA) is 117 Å². The van der Waals surface area contributed by atoms with E-state index in [1.54, 1.807) is 18.2 Å². The molecule has 1 saturated heterocycles. The third-order valence-electron chi connectivity index (χ3n) is 6.17. The zero-order valence-electron chi connectivity index (χ0n) is 21.9. The highest BCUT2D eigenvalue weighted by atomic mass is 32.2. The minimum Gasteiger partial charge on any atom is -0.507 e. The number of hydrogen-bond acceptors (Lipinski definition) is 8. The summed E-state index contributed by atoms with van der Waals surface area (Å²) in [5.41, 5.74) is 0.704. The number of sulfonamides is 1. The number of aliphatic hydroxyl groups is 1. The molecule has 10 nitrogen and oxygen atoms in total. The van der Waals surface area contributed by atoms with Gasteiger partial charge >= 0.3 is 0 Å². The molecule has 0 bridgehead atoms. The molecule has 1 amide bonds. The monoisotopic (exact) mass is 531 g/mol. The first-order valence-electron chi connectivity index (χ1n) is 11.6. The summed E-state index contributed by atoms with van der Waals surface area (Å²) in [5, 5.41) is 11.3. The number of rotatable bonds is 10. The van der Waals surface area contributed by atoms with Crippen LogP contribution in [0.25, 0.3) is 5.76 Å². The number of benzene rings is 2. The Labute approximate surface area is 217 Å². The first-order chi connectivity index (χ1) is 17.4. The van der Waals surface area contributed by atoms with Crippen LogP contribution in [0.2, 0.25) is 0 Å². The van der Waals surface area contributed by atoms with Crippen LogP contribution >= 0.6 is 0 Å². The van der Waals surface area contributed by atoms with Crippen molar-refractivity contribution in [2.75, 3.05) is 55.5 Å². The van der Waals surface area contributed by atoms with Gasteiger partial charge in [-0.05, 0) is 69.0 Å². The molecule has 0 unspecified atom stereocenters. The molecule has 1 fully saturated rings. The number of hydrogen-bond donors (Lipinski definition) is 1. The van der Waals surface area contributed by atoms with E-state index in [0.29, 0.717) is 36.6 Å². The second kappa shape index (κ2) is 11.3. The van der Waals surface area contributed by atoms with Gasteiger partial charge in [-0.25, -0.2) is 12.7 Å². The number of ether oxygens (including phenoxy) is 2. The Hall–Kier alpha value is -3.41. The van der Waals surface area contributed by atoms with Crippen molar-refractivity contribution in [1.82, 2.24) is 14.1 Å². The summed E-state index contributed by atoms with van der Waals surface area (Å²) < 4.78 is 36.7. The fourth-order valence-electron chi connectivity index (χ4n) is 4.19. The molecule has 0 aliphatic carbocycles. The Morgan fingerprint density at radius 2 is 1.59 bits per heavy atom. The van der Waals surface area contributed by atoms with Crippen molar-refractivity contribution in [3.05, 3.63) is 59.2 Å². The van der Waals surface area contributed by atoms with Crippen molar-refractivity contribution in [1.29, 1.82) is 0 Å². The average molecular weight is 532 g/mol. The lowest BCUT2D eigenvalue weighted by Crippen LogP contribution is -2.32. The normalized spacial score (nSPS) is 17.6. The highest BCUT2D eigenvalue weighted by Crippen LogP contribution is 2.42. The van der Waals surface area contributed by atoms with Crippen LogP contribution in [0.3, 0.4) is 0 Å². The fourth-order valence-corrected chi connectivity index (χ4v) is 5.09. The number of likely N-dealkylation sites (tertiary alicyclic amines) is 1. The SMILES string of the molecule is COc1ccc([C@@H]2/C(=C(\O)c3ccc(S(=O)(=O)N(C)C)cc3)C(=O)C(=O)N2CCCN(C)C)cc1OC. The Kier molecular flexibility index (Phi) is 8.62. The zero-order chi connectivity index (χ0) is 27.5. The molecular formula is C26H33N3O7S. The van der Waals surface area contributed by atoms with E-state index in [2.05, 4.69) is 0 Å². The van der Waals surface area contributed by atoms with Crippen LogP contribution in [-0.4, -0.2) is 94.8 Å². The first-order valence-corrected chi connectivity index (χ1v) is 13.1. The minimum atomic E-state index is -3.68. The molecule has 1 heterocycles. The van der Waals surface area contributed by atoms with Crippen LogP contribution < -0.4 is 9.47 Å². The van der Waals surface area contributed by atoms with Crippen LogP contribution in [0.1, 0.15) is 23.6 Å². The second-order valence-corrected chi connectivity index (χ2v) is 11.2. The largest absolute Gasteiger partial charge is 0.507 e. The lowest BCUT2D eigenvalue weighted by atomic mass is 9.95. The molecule has 0 spiro atoms. The lowest BCUT2D eigenvalue weighted by molar-refractivity contribution is -0.139. The standard InChI is InChI=1S/C26H33N3O7S/c1-27(2)14-7-15-29-23(18-10-13-20(35-5)21(16-18)36-6)22(25(31)26(29)32)24(30)17-8-11-19(12-9-17)37(33,34)28(3)4/h8-13,16,23,30H,7,14-15H2,1-6H3/b24-22+/t23-/m1/s1. The van der Waals surface area contributed by atoms with Gasteiger partial charge in [0.05, 0.1) is 30.7 Å². The van der Waals surface area contributed by atoms with E-state index in [9.17, 15) is 23.1 Å². The molecule has 1 aliphatic rings. The smallest absolute Gasteiger partial charge is 0.295 e. The van der Waals surface area contributed by atoms with Gasteiger partial charge in [0.15, 0.2) is 11.5 Å². The van der Waals surface area contributed by atoms with Gasteiger partial charge in [-0.2, -0.15) is 0 Å². The summed E-state index contributed by atoms with van der Waals surface area (Å²) >= 11 is 0. The number of nitrogens with zero attached hydrogens (tertiary/aromatic N) is 3. The molecule has 200 valence electrons. The average Bonchev–Trinajstić information content (AvgIpc) is 3.12. The van der Waals surface area contributed by atoms with Gasteiger partial charge in [-0.1, -0.05) is 6.07 Å².